The number of hydrogen-bond acceptors (Lipinski definition) is 7. The van der Waals surface area contributed by atoms with Crippen LogP contribution >= 0.6 is 0 Å². The molecule has 4 N–H and O–H groups in total. The summed E-state index contributed by atoms with van der Waals surface area (Å²) < 4.78 is 0. The maximum Gasteiger partial charge on any atom is 0.271 e. The Morgan fingerprint density at radius 3 is 2.83 bits per heavy atom. The van der Waals surface area contributed by atoms with Crippen molar-refractivity contribution in [2.75, 3.05) is 29.1 Å². The van der Waals surface area contributed by atoms with Gasteiger partial charge in [0.1, 0.15) is 12.0 Å². The van der Waals surface area contributed by atoms with Crippen molar-refractivity contribution in [1.82, 2.24) is 20.4 Å². The van der Waals surface area contributed by atoms with Crippen LogP contribution in [-0.4, -0.2) is 33.9 Å². The van der Waals surface area contributed by atoms with Gasteiger partial charge in [0.25, 0.3) is 5.91 Å². The molecule has 0 radical (unpaired) electrons. The molecular weight excluding hydrogens is 306 g/mol. The van der Waals surface area contributed by atoms with Crippen LogP contribution in [0, 0.1) is 5.92 Å². The minimum Gasteiger partial charge on any atom is -0.393 e. The van der Waals surface area contributed by atoms with Crippen molar-refractivity contribution in [2.24, 2.45) is 5.92 Å². The number of hydrazine groups is 1. The Bertz CT molecular complexity index is 699. The number of anilines is 3. The zero-order valence-corrected chi connectivity index (χ0v) is 13.6. The van der Waals surface area contributed by atoms with Crippen LogP contribution in [0.5, 0.6) is 0 Å². The van der Waals surface area contributed by atoms with Crippen molar-refractivity contribution in [2.45, 2.75) is 19.8 Å². The van der Waals surface area contributed by atoms with Crippen LogP contribution in [-0.2, 0) is 0 Å². The quantitative estimate of drug-likeness (QED) is 0.729. The van der Waals surface area contributed by atoms with Gasteiger partial charge in [0.05, 0.1) is 5.56 Å². The number of hydrogen-bond donors (Lipinski definition) is 3. The van der Waals surface area contributed by atoms with E-state index in [-0.39, 0.29) is 5.91 Å². The molecule has 0 aromatic carbocycles. The molecule has 8 heteroatoms. The van der Waals surface area contributed by atoms with Gasteiger partial charge in [0.15, 0.2) is 11.6 Å². The SMILES string of the molecule is CC1CCN(c2ncnc(NNC(=O)c3cccnc3)c2N)CC1. The fraction of sp³-hybridized carbons (Fsp3) is 0.375. The second-order valence-corrected chi connectivity index (χ2v) is 5.95. The van der Waals surface area contributed by atoms with E-state index >= 15 is 0 Å². The summed E-state index contributed by atoms with van der Waals surface area (Å²) in [6.45, 7) is 4.09. The summed E-state index contributed by atoms with van der Waals surface area (Å²) in [5, 5.41) is 0. The minimum absolute atomic E-state index is 0.311. The highest BCUT2D eigenvalue weighted by atomic mass is 16.2. The number of nitrogens with one attached hydrogen (secondary N) is 2. The second kappa shape index (κ2) is 7.12. The Balaban J connectivity index is 1.68. The molecule has 3 heterocycles. The van der Waals surface area contributed by atoms with E-state index in [1.807, 2.05) is 0 Å². The van der Waals surface area contributed by atoms with Gasteiger partial charge in [-0.25, -0.2) is 9.97 Å². The van der Waals surface area contributed by atoms with Gasteiger partial charge >= 0.3 is 0 Å². The molecule has 2 aromatic heterocycles. The van der Waals surface area contributed by atoms with E-state index < -0.39 is 0 Å². The molecule has 0 aliphatic carbocycles. The number of aromatic nitrogens is 3. The predicted octanol–water partition coefficient (Wildman–Crippen LogP) is 1.45. The van der Waals surface area contributed by atoms with E-state index in [4.69, 9.17) is 5.73 Å². The van der Waals surface area contributed by atoms with Gasteiger partial charge in [-0.2, -0.15) is 0 Å². The number of carbonyl (C=O) groups excluding carboxylic acids is 1. The molecule has 0 spiro atoms. The summed E-state index contributed by atoms with van der Waals surface area (Å²) in [4.78, 5) is 26.5. The lowest BCUT2D eigenvalue weighted by atomic mass is 9.99. The van der Waals surface area contributed by atoms with Gasteiger partial charge < -0.3 is 10.6 Å². The number of rotatable bonds is 4. The number of nitrogens with zero attached hydrogens (tertiary/aromatic N) is 4. The van der Waals surface area contributed by atoms with E-state index in [1.54, 1.807) is 18.3 Å². The predicted molar refractivity (Wildman–Crippen MR) is 92.4 cm³/mol. The second-order valence-electron chi connectivity index (χ2n) is 5.95. The van der Waals surface area contributed by atoms with E-state index in [1.165, 1.54) is 12.5 Å². The van der Waals surface area contributed by atoms with Gasteiger partial charge in [-0.1, -0.05) is 6.92 Å². The molecule has 0 unspecified atom stereocenters. The first-order valence-corrected chi connectivity index (χ1v) is 7.97. The Labute approximate surface area is 140 Å². The Kier molecular flexibility index (Phi) is 4.74. The van der Waals surface area contributed by atoms with Crippen molar-refractivity contribution in [3.63, 3.8) is 0 Å². The molecule has 2 aromatic rings. The molecule has 0 saturated carbocycles. The molecule has 1 aliphatic rings. The highest BCUT2D eigenvalue weighted by Gasteiger charge is 2.20. The lowest BCUT2D eigenvalue weighted by Crippen LogP contribution is -2.35. The summed E-state index contributed by atoms with van der Waals surface area (Å²) >= 11 is 0. The summed E-state index contributed by atoms with van der Waals surface area (Å²) in [5.41, 5.74) is 12.4. The van der Waals surface area contributed by atoms with Crippen LogP contribution < -0.4 is 21.5 Å². The van der Waals surface area contributed by atoms with E-state index in [2.05, 4.69) is 37.6 Å². The standard InChI is InChI=1S/C16H21N7O/c1-11-4-7-23(8-5-11)15-13(17)14(19-10-20-15)21-22-16(24)12-3-2-6-18-9-12/h2-3,6,9-11H,4-5,7-8,17H2,1H3,(H,22,24)(H,19,20,21). The van der Waals surface area contributed by atoms with Crippen molar-refractivity contribution < 1.29 is 4.79 Å². The van der Waals surface area contributed by atoms with Gasteiger partial charge in [0, 0.05) is 25.5 Å². The van der Waals surface area contributed by atoms with Crippen molar-refractivity contribution in [3.8, 4) is 0 Å². The number of pyridine rings is 1. The third kappa shape index (κ3) is 3.53. The van der Waals surface area contributed by atoms with Crippen LogP contribution in [0.25, 0.3) is 0 Å². The average molecular weight is 327 g/mol. The topological polar surface area (TPSA) is 109 Å². The van der Waals surface area contributed by atoms with Gasteiger partial charge in [0.2, 0.25) is 0 Å². The number of carbonyl (C=O) groups is 1. The van der Waals surface area contributed by atoms with Gasteiger partial charge in [-0.3, -0.25) is 20.6 Å². The van der Waals surface area contributed by atoms with Crippen molar-refractivity contribution in [1.29, 1.82) is 0 Å². The molecule has 8 nitrogen and oxygen atoms in total. The van der Waals surface area contributed by atoms with E-state index in [0.29, 0.717) is 22.9 Å². The third-order valence-electron chi connectivity index (χ3n) is 4.16. The molecule has 1 fully saturated rings. The third-order valence-corrected chi connectivity index (χ3v) is 4.16. The number of nitrogen functional groups attached to an aromatic ring is 1. The molecule has 1 saturated heterocycles. The Hall–Kier alpha value is -2.90. The molecule has 1 aliphatic heterocycles. The maximum atomic E-state index is 12.0. The number of amides is 1. The first-order valence-electron chi connectivity index (χ1n) is 7.97. The summed E-state index contributed by atoms with van der Waals surface area (Å²) in [5.74, 6) is 1.50. The van der Waals surface area contributed by atoms with E-state index in [9.17, 15) is 4.79 Å². The molecule has 0 bridgehead atoms. The van der Waals surface area contributed by atoms with Crippen LogP contribution in [0.4, 0.5) is 17.3 Å². The highest BCUT2D eigenvalue weighted by Crippen LogP contribution is 2.29. The van der Waals surface area contributed by atoms with Crippen LogP contribution in [0.15, 0.2) is 30.9 Å². The van der Waals surface area contributed by atoms with Crippen LogP contribution in [0.2, 0.25) is 0 Å². The summed E-state index contributed by atoms with van der Waals surface area (Å²) in [7, 11) is 0. The molecule has 3 rings (SSSR count). The first-order chi connectivity index (χ1) is 11.6. The molecular formula is C16H21N7O. The van der Waals surface area contributed by atoms with Crippen LogP contribution in [0.1, 0.15) is 30.1 Å². The van der Waals surface area contributed by atoms with Crippen molar-refractivity contribution >= 4 is 23.2 Å². The van der Waals surface area contributed by atoms with Gasteiger partial charge in [-0.05, 0) is 30.9 Å². The van der Waals surface area contributed by atoms with Crippen LogP contribution in [0.3, 0.4) is 0 Å². The number of nitrogens with two attached hydrogens (primary N) is 1. The summed E-state index contributed by atoms with van der Waals surface area (Å²) in [6, 6.07) is 3.37. The highest BCUT2D eigenvalue weighted by molar-refractivity contribution is 5.94. The lowest BCUT2D eigenvalue weighted by molar-refractivity contribution is 0.0962. The first kappa shape index (κ1) is 16.0. The Morgan fingerprint density at radius 1 is 1.33 bits per heavy atom. The largest absolute Gasteiger partial charge is 0.393 e. The zero-order chi connectivity index (χ0) is 16.9. The smallest absolute Gasteiger partial charge is 0.271 e. The lowest BCUT2D eigenvalue weighted by Gasteiger charge is -2.32. The number of piperidine rings is 1. The minimum atomic E-state index is -0.311. The normalized spacial score (nSPS) is 15.1. The van der Waals surface area contributed by atoms with Gasteiger partial charge in [-0.15, -0.1) is 0 Å². The molecule has 1 amide bonds. The fourth-order valence-corrected chi connectivity index (χ4v) is 2.64. The van der Waals surface area contributed by atoms with Crippen molar-refractivity contribution in [3.05, 3.63) is 36.4 Å². The maximum absolute atomic E-state index is 12.0. The van der Waals surface area contributed by atoms with E-state index in [0.717, 1.165) is 31.8 Å². The molecule has 126 valence electrons. The fourth-order valence-electron chi connectivity index (χ4n) is 2.64. The summed E-state index contributed by atoms with van der Waals surface area (Å²) in [6.07, 6.45) is 6.77. The average Bonchev–Trinajstić information content (AvgIpc) is 2.62. The molecule has 24 heavy (non-hydrogen) atoms. The Morgan fingerprint density at radius 2 is 2.12 bits per heavy atom. The molecule has 0 atom stereocenters. The monoisotopic (exact) mass is 327 g/mol. The zero-order valence-electron chi connectivity index (χ0n) is 13.6.